The Morgan fingerprint density at radius 1 is 1.30 bits per heavy atom. The van der Waals surface area contributed by atoms with E-state index in [2.05, 4.69) is 39.5 Å². The number of carbonyl (C=O) groups excluding carboxylic acids is 1. The molecule has 5 heteroatoms. The molecule has 2 fully saturated rings. The van der Waals surface area contributed by atoms with E-state index < -0.39 is 5.60 Å². The molecule has 2 heterocycles. The van der Waals surface area contributed by atoms with E-state index in [-0.39, 0.29) is 5.91 Å². The zero-order valence-corrected chi connectivity index (χ0v) is 15.9. The zero-order valence-electron chi connectivity index (χ0n) is 15.9. The SMILES string of the molecule is CNC(=O)[C@@]1(Cc2cccc(-c3cccnc3)c2)CN(CC2CC2)CCO1. The Kier molecular flexibility index (Phi) is 5.23. The van der Waals surface area contributed by atoms with Crippen molar-refractivity contribution < 1.29 is 9.53 Å². The molecule has 2 aliphatic rings. The largest absolute Gasteiger partial charge is 0.362 e. The lowest BCUT2D eigenvalue weighted by atomic mass is 9.90. The minimum absolute atomic E-state index is 0.0326. The lowest BCUT2D eigenvalue weighted by Gasteiger charge is -2.41. The van der Waals surface area contributed by atoms with Crippen LogP contribution in [0.3, 0.4) is 0 Å². The summed E-state index contributed by atoms with van der Waals surface area (Å²) in [5.74, 6) is 0.772. The maximum Gasteiger partial charge on any atom is 0.253 e. The second kappa shape index (κ2) is 7.79. The van der Waals surface area contributed by atoms with Gasteiger partial charge in [0.15, 0.2) is 5.60 Å². The van der Waals surface area contributed by atoms with Crippen molar-refractivity contribution in [2.24, 2.45) is 5.92 Å². The van der Waals surface area contributed by atoms with Crippen molar-refractivity contribution in [2.45, 2.75) is 24.9 Å². The summed E-state index contributed by atoms with van der Waals surface area (Å²) in [6.07, 6.45) is 6.84. The molecule has 2 aromatic rings. The van der Waals surface area contributed by atoms with Gasteiger partial charge in [-0.05, 0) is 41.5 Å². The van der Waals surface area contributed by atoms with Gasteiger partial charge < -0.3 is 10.1 Å². The normalized spacial score (nSPS) is 23.1. The van der Waals surface area contributed by atoms with Gasteiger partial charge >= 0.3 is 0 Å². The molecule has 27 heavy (non-hydrogen) atoms. The van der Waals surface area contributed by atoms with Crippen LogP contribution in [0.1, 0.15) is 18.4 Å². The highest BCUT2D eigenvalue weighted by Crippen LogP contribution is 2.32. The Hall–Kier alpha value is -2.24. The Labute approximate surface area is 160 Å². The van der Waals surface area contributed by atoms with Crippen molar-refractivity contribution >= 4 is 5.91 Å². The molecule has 1 aromatic heterocycles. The smallest absolute Gasteiger partial charge is 0.253 e. The predicted molar refractivity (Wildman–Crippen MR) is 105 cm³/mol. The number of ether oxygens (including phenoxy) is 1. The number of nitrogens with one attached hydrogen (secondary N) is 1. The van der Waals surface area contributed by atoms with Crippen molar-refractivity contribution in [1.82, 2.24) is 15.2 Å². The predicted octanol–water partition coefficient (Wildman–Crippen LogP) is 2.52. The third-order valence-corrected chi connectivity index (χ3v) is 5.53. The van der Waals surface area contributed by atoms with Gasteiger partial charge in [0.2, 0.25) is 0 Å². The summed E-state index contributed by atoms with van der Waals surface area (Å²) in [6, 6.07) is 12.3. The minimum Gasteiger partial charge on any atom is -0.362 e. The monoisotopic (exact) mass is 365 g/mol. The van der Waals surface area contributed by atoms with Crippen molar-refractivity contribution in [1.29, 1.82) is 0 Å². The highest BCUT2D eigenvalue weighted by molar-refractivity contribution is 5.86. The Balaban J connectivity index is 1.57. The van der Waals surface area contributed by atoms with Gasteiger partial charge in [0.25, 0.3) is 5.91 Å². The maximum absolute atomic E-state index is 12.8. The van der Waals surface area contributed by atoms with E-state index in [4.69, 9.17) is 4.74 Å². The standard InChI is InChI=1S/C22H27N3O2/c1-23-21(26)22(16-25(10-11-27-22)15-17-7-8-17)13-18-4-2-5-19(12-18)20-6-3-9-24-14-20/h2-6,9,12,14,17H,7-8,10-11,13,15-16H2,1H3,(H,23,26)/t22-/m1/s1. The van der Waals surface area contributed by atoms with Crippen LogP contribution in [-0.4, -0.2) is 54.7 Å². The van der Waals surface area contributed by atoms with Crippen LogP contribution < -0.4 is 5.32 Å². The summed E-state index contributed by atoms with van der Waals surface area (Å²) < 4.78 is 6.13. The van der Waals surface area contributed by atoms with E-state index >= 15 is 0 Å². The molecule has 1 saturated carbocycles. The first-order valence-electron chi connectivity index (χ1n) is 9.76. The van der Waals surface area contributed by atoms with Gasteiger partial charge in [0, 0.05) is 45.5 Å². The summed E-state index contributed by atoms with van der Waals surface area (Å²) in [6.45, 7) is 3.24. The van der Waals surface area contributed by atoms with E-state index in [1.165, 1.54) is 12.8 Å². The number of carbonyl (C=O) groups is 1. The highest BCUT2D eigenvalue weighted by atomic mass is 16.5. The van der Waals surface area contributed by atoms with E-state index in [1.54, 1.807) is 13.2 Å². The molecule has 1 atom stereocenters. The zero-order chi connectivity index (χ0) is 18.7. The molecule has 4 rings (SSSR count). The Bertz CT molecular complexity index is 791. The number of benzene rings is 1. The second-order valence-corrected chi connectivity index (χ2v) is 7.72. The topological polar surface area (TPSA) is 54.5 Å². The third-order valence-electron chi connectivity index (χ3n) is 5.53. The van der Waals surface area contributed by atoms with Crippen molar-refractivity contribution in [2.75, 3.05) is 33.3 Å². The maximum atomic E-state index is 12.8. The molecule has 1 aromatic carbocycles. The number of rotatable bonds is 6. The summed E-state index contributed by atoms with van der Waals surface area (Å²) in [5.41, 5.74) is 2.47. The van der Waals surface area contributed by atoms with Crippen LogP contribution in [0.15, 0.2) is 48.8 Å². The molecule has 0 radical (unpaired) electrons. The van der Waals surface area contributed by atoms with Crippen LogP contribution in [0.5, 0.6) is 0 Å². The van der Waals surface area contributed by atoms with Gasteiger partial charge in [0.1, 0.15) is 0 Å². The van der Waals surface area contributed by atoms with E-state index in [0.29, 0.717) is 19.6 Å². The molecule has 142 valence electrons. The molecule has 0 unspecified atom stereocenters. The van der Waals surface area contributed by atoms with E-state index in [1.807, 2.05) is 18.3 Å². The summed E-state index contributed by atoms with van der Waals surface area (Å²) >= 11 is 0. The first-order valence-corrected chi connectivity index (χ1v) is 9.76. The second-order valence-electron chi connectivity index (χ2n) is 7.72. The van der Waals surface area contributed by atoms with Crippen LogP contribution in [0.4, 0.5) is 0 Å². The van der Waals surface area contributed by atoms with Crippen molar-refractivity contribution in [3.8, 4) is 11.1 Å². The van der Waals surface area contributed by atoms with Gasteiger partial charge in [-0.3, -0.25) is 14.7 Å². The van der Waals surface area contributed by atoms with E-state index in [9.17, 15) is 4.79 Å². The summed E-state index contributed by atoms with van der Waals surface area (Å²) in [7, 11) is 1.69. The van der Waals surface area contributed by atoms with Crippen molar-refractivity contribution in [3.63, 3.8) is 0 Å². The summed E-state index contributed by atoms with van der Waals surface area (Å²) in [4.78, 5) is 19.4. The fourth-order valence-electron chi connectivity index (χ4n) is 3.95. The molecule has 1 aliphatic heterocycles. The molecular formula is C22H27N3O2. The summed E-state index contributed by atoms with van der Waals surface area (Å²) in [5, 5.41) is 2.83. The highest BCUT2D eigenvalue weighted by Gasteiger charge is 2.44. The average molecular weight is 365 g/mol. The fraction of sp³-hybridized carbons (Fsp3) is 0.455. The van der Waals surface area contributed by atoms with Gasteiger partial charge in [0.05, 0.1) is 6.61 Å². The molecular weight excluding hydrogens is 338 g/mol. The molecule has 1 amide bonds. The van der Waals surface area contributed by atoms with Crippen LogP contribution >= 0.6 is 0 Å². The number of morpholine rings is 1. The molecule has 1 N–H and O–H groups in total. The molecule has 0 bridgehead atoms. The number of hydrogen-bond acceptors (Lipinski definition) is 4. The van der Waals surface area contributed by atoms with Crippen LogP contribution in [-0.2, 0) is 16.0 Å². The number of pyridine rings is 1. The first-order chi connectivity index (χ1) is 13.2. The number of amides is 1. The molecule has 0 spiro atoms. The average Bonchev–Trinajstić information content (AvgIpc) is 3.52. The lowest BCUT2D eigenvalue weighted by molar-refractivity contribution is -0.159. The fourth-order valence-corrected chi connectivity index (χ4v) is 3.95. The Morgan fingerprint density at radius 3 is 2.89 bits per heavy atom. The van der Waals surface area contributed by atoms with Gasteiger partial charge in [-0.1, -0.05) is 30.3 Å². The van der Waals surface area contributed by atoms with Gasteiger partial charge in [-0.15, -0.1) is 0 Å². The lowest BCUT2D eigenvalue weighted by Crippen LogP contribution is -2.60. The van der Waals surface area contributed by atoms with Crippen LogP contribution in [0.25, 0.3) is 11.1 Å². The molecule has 5 nitrogen and oxygen atoms in total. The number of likely N-dealkylation sites (N-methyl/N-ethyl adjacent to an activating group) is 1. The number of nitrogens with zero attached hydrogens (tertiary/aromatic N) is 2. The minimum atomic E-state index is -0.824. The third kappa shape index (κ3) is 4.20. The number of aromatic nitrogens is 1. The Morgan fingerprint density at radius 2 is 2.15 bits per heavy atom. The molecule has 1 aliphatic carbocycles. The van der Waals surface area contributed by atoms with E-state index in [0.717, 1.165) is 35.7 Å². The van der Waals surface area contributed by atoms with Crippen molar-refractivity contribution in [3.05, 3.63) is 54.4 Å². The van der Waals surface area contributed by atoms with Gasteiger partial charge in [-0.25, -0.2) is 0 Å². The van der Waals surface area contributed by atoms with Crippen LogP contribution in [0, 0.1) is 5.92 Å². The number of hydrogen-bond donors (Lipinski definition) is 1. The first kappa shape index (κ1) is 18.1. The molecule has 1 saturated heterocycles. The van der Waals surface area contributed by atoms with Crippen LogP contribution in [0.2, 0.25) is 0 Å². The van der Waals surface area contributed by atoms with Gasteiger partial charge in [-0.2, -0.15) is 0 Å². The quantitative estimate of drug-likeness (QED) is 0.855.